The predicted molar refractivity (Wildman–Crippen MR) is 196 cm³/mol. The van der Waals surface area contributed by atoms with Gasteiger partial charge in [0.2, 0.25) is 11.6 Å². The summed E-state index contributed by atoms with van der Waals surface area (Å²) >= 11 is 0. The normalized spacial score (nSPS) is 15.1. The van der Waals surface area contributed by atoms with E-state index in [0.717, 1.165) is 64.2 Å². The summed E-state index contributed by atoms with van der Waals surface area (Å²) in [5.74, 6) is -1.79. The van der Waals surface area contributed by atoms with E-state index in [2.05, 4.69) is 13.8 Å². The van der Waals surface area contributed by atoms with Gasteiger partial charge in [-0.15, -0.1) is 0 Å². The molecule has 268 valence electrons. The molecule has 8 heteroatoms. The van der Waals surface area contributed by atoms with Crippen LogP contribution in [-0.2, 0) is 0 Å². The van der Waals surface area contributed by atoms with Crippen LogP contribution in [0.5, 0.6) is 11.5 Å². The van der Waals surface area contributed by atoms with Gasteiger partial charge in [-0.3, -0.25) is 9.59 Å². The Balaban J connectivity index is 2.14. The third-order valence-electron chi connectivity index (χ3n) is 10.1. The molecule has 0 aromatic heterocycles. The molecule has 4 N–H and O–H groups in total. The lowest BCUT2D eigenvalue weighted by Crippen LogP contribution is -2.45. The number of benzene rings is 2. The number of phenolic OH excluding ortho intramolecular Hbond substituents is 2. The third kappa shape index (κ3) is 9.12. The summed E-state index contributed by atoms with van der Waals surface area (Å²) in [6.45, 7) is 13.4. The lowest BCUT2D eigenvalue weighted by Gasteiger charge is -2.39. The first kappa shape index (κ1) is 39.3. The van der Waals surface area contributed by atoms with E-state index in [9.17, 15) is 30.0 Å². The van der Waals surface area contributed by atoms with Gasteiger partial charge in [0.25, 0.3) is 0 Å². The predicted octanol–water partition coefficient (Wildman–Crippen LogP) is 8.53. The molecule has 8 nitrogen and oxygen atoms in total. The van der Waals surface area contributed by atoms with Crippen LogP contribution in [0, 0.1) is 0 Å². The van der Waals surface area contributed by atoms with Gasteiger partial charge in [0.15, 0.2) is 0 Å². The number of hydrogen-bond donors (Lipinski definition) is 4. The zero-order valence-electron chi connectivity index (χ0n) is 30.4. The van der Waals surface area contributed by atoms with Crippen LogP contribution in [0.4, 0.5) is 11.4 Å². The van der Waals surface area contributed by atoms with Crippen molar-refractivity contribution >= 4 is 22.9 Å². The number of aliphatic hydroxyl groups excluding tert-OH is 2. The minimum absolute atomic E-state index is 0.170. The fraction of sp³-hybridized carbons (Fsp3) is 0.650. The number of nitrogens with zero attached hydrogens (tertiary/aromatic N) is 2. The van der Waals surface area contributed by atoms with Crippen LogP contribution < -0.4 is 9.80 Å². The van der Waals surface area contributed by atoms with Crippen molar-refractivity contribution in [3.63, 3.8) is 0 Å². The number of rotatable bonds is 22. The fourth-order valence-corrected chi connectivity index (χ4v) is 7.19. The fourth-order valence-electron chi connectivity index (χ4n) is 7.19. The zero-order valence-corrected chi connectivity index (χ0v) is 30.4. The van der Waals surface area contributed by atoms with Gasteiger partial charge in [0.05, 0.1) is 46.5 Å². The number of carbonyl (C=O) groups is 2. The summed E-state index contributed by atoms with van der Waals surface area (Å²) in [4.78, 5) is 33.1. The molecule has 2 aromatic carbocycles. The first-order valence-corrected chi connectivity index (χ1v) is 18.8. The van der Waals surface area contributed by atoms with Crippen LogP contribution in [0.3, 0.4) is 0 Å². The van der Waals surface area contributed by atoms with E-state index < -0.39 is 23.8 Å². The average molecular weight is 667 g/mol. The third-order valence-corrected chi connectivity index (χ3v) is 10.1. The van der Waals surface area contributed by atoms with Crippen molar-refractivity contribution in [3.05, 3.63) is 46.5 Å². The Morgan fingerprint density at radius 3 is 1.21 bits per heavy atom. The largest absolute Gasteiger partial charge is 0.507 e. The molecule has 0 amide bonds. The molecule has 0 saturated heterocycles. The molecule has 0 aliphatic heterocycles. The molecule has 4 atom stereocenters. The second kappa shape index (κ2) is 19.2. The molecule has 0 spiro atoms. The van der Waals surface area contributed by atoms with Crippen LogP contribution in [0.2, 0.25) is 0 Å². The number of aliphatic hydroxyl groups is 2. The average Bonchev–Trinajstić information content (AvgIpc) is 3.08. The van der Waals surface area contributed by atoms with Gasteiger partial charge in [-0.25, -0.2) is 0 Å². The summed E-state index contributed by atoms with van der Waals surface area (Å²) in [5.41, 5.74) is 0.996. The minimum Gasteiger partial charge on any atom is -0.507 e. The molecule has 0 bridgehead atoms. The Labute approximate surface area is 289 Å². The molecule has 0 fully saturated rings. The maximum Gasteiger partial charge on any atom is 0.200 e. The number of ketones is 2. The van der Waals surface area contributed by atoms with Crippen LogP contribution in [0.25, 0.3) is 0 Å². The highest BCUT2D eigenvalue weighted by atomic mass is 16.3. The van der Waals surface area contributed by atoms with Crippen molar-refractivity contribution in [2.75, 3.05) is 22.9 Å². The minimum atomic E-state index is -0.642. The maximum absolute atomic E-state index is 14.5. The maximum atomic E-state index is 14.5. The molecule has 2 aromatic rings. The Kier molecular flexibility index (Phi) is 15.7. The van der Waals surface area contributed by atoms with Gasteiger partial charge in [-0.05, 0) is 63.8 Å². The molecule has 3 rings (SSSR count). The van der Waals surface area contributed by atoms with Gasteiger partial charge < -0.3 is 30.2 Å². The van der Waals surface area contributed by atoms with E-state index in [1.54, 1.807) is 0 Å². The van der Waals surface area contributed by atoms with Crippen molar-refractivity contribution in [1.82, 2.24) is 0 Å². The van der Waals surface area contributed by atoms with Gasteiger partial charge in [-0.1, -0.05) is 91.9 Å². The molecule has 0 radical (unpaired) electrons. The van der Waals surface area contributed by atoms with Crippen LogP contribution >= 0.6 is 0 Å². The number of hydrogen-bond acceptors (Lipinski definition) is 8. The number of carbonyl (C=O) groups excluding carboxylic acids is 2. The second-order valence-electron chi connectivity index (χ2n) is 13.8. The number of aromatic hydroxyl groups is 2. The van der Waals surface area contributed by atoms with Gasteiger partial charge in [0.1, 0.15) is 11.5 Å². The van der Waals surface area contributed by atoms with Crippen LogP contribution in [0.1, 0.15) is 163 Å². The number of fused-ring (bicyclic) bond motifs is 2. The molecule has 0 heterocycles. The molecular formula is C40H62N2O6. The summed E-state index contributed by atoms with van der Waals surface area (Å²) in [5, 5.41) is 44.4. The summed E-state index contributed by atoms with van der Waals surface area (Å²) in [7, 11) is 0. The van der Waals surface area contributed by atoms with E-state index in [1.165, 1.54) is 25.0 Å². The van der Waals surface area contributed by atoms with Gasteiger partial charge in [-0.2, -0.15) is 0 Å². The van der Waals surface area contributed by atoms with E-state index in [4.69, 9.17) is 0 Å². The Hall–Kier alpha value is -3.10. The molecule has 48 heavy (non-hydrogen) atoms. The molecule has 1 aliphatic rings. The second-order valence-corrected chi connectivity index (χ2v) is 13.8. The van der Waals surface area contributed by atoms with Crippen LogP contribution in [-0.4, -0.2) is 69.4 Å². The van der Waals surface area contributed by atoms with Crippen molar-refractivity contribution < 1.29 is 30.0 Å². The lowest BCUT2D eigenvalue weighted by molar-refractivity contribution is 0.0973. The molecule has 0 saturated carbocycles. The van der Waals surface area contributed by atoms with Crippen molar-refractivity contribution in [1.29, 1.82) is 0 Å². The molecule has 4 unspecified atom stereocenters. The topological polar surface area (TPSA) is 122 Å². The number of phenols is 2. The zero-order chi connectivity index (χ0) is 35.4. The Morgan fingerprint density at radius 2 is 0.875 bits per heavy atom. The highest BCUT2D eigenvalue weighted by molar-refractivity contribution is 6.33. The van der Waals surface area contributed by atoms with Crippen molar-refractivity contribution in [2.24, 2.45) is 0 Å². The highest BCUT2D eigenvalue weighted by Crippen LogP contribution is 2.45. The quantitative estimate of drug-likeness (QED) is 0.0622. The van der Waals surface area contributed by atoms with Gasteiger partial charge >= 0.3 is 0 Å². The molecule has 1 aliphatic carbocycles. The standard InChI is InChI=1S/C40H62N2O6/c1-7-11-13-15-17-19-31(43)27(5)41(25-9-3)29-21-22-30(42(26-10-4)28(6)32(44)20-18-16-14-12-8-2)36-35(29)39(47)37-33(45)23-24-34(46)38(37)40(36)48/h21-24,27-28,31-32,43-46H,7-20,25-26H2,1-6H3. The monoisotopic (exact) mass is 666 g/mol. The summed E-state index contributed by atoms with van der Waals surface area (Å²) in [6.07, 6.45) is 12.3. The SMILES string of the molecule is CCCCCCCC(O)C(C)N(CCC)c1ccc(N(CCC)C(C)C(O)CCCCCCC)c2c1C(=O)c1c(O)ccc(O)c1C2=O. The Bertz CT molecular complexity index is 1240. The van der Waals surface area contributed by atoms with E-state index in [1.807, 2.05) is 49.6 Å². The van der Waals surface area contributed by atoms with E-state index in [0.29, 0.717) is 37.3 Å². The number of anilines is 2. The summed E-state index contributed by atoms with van der Waals surface area (Å²) in [6, 6.07) is 5.52. The van der Waals surface area contributed by atoms with Crippen LogP contribution in [0.15, 0.2) is 24.3 Å². The lowest BCUT2D eigenvalue weighted by atomic mass is 9.80. The highest BCUT2D eigenvalue weighted by Gasteiger charge is 2.41. The van der Waals surface area contributed by atoms with Crippen molar-refractivity contribution in [3.8, 4) is 11.5 Å². The first-order valence-electron chi connectivity index (χ1n) is 18.8. The first-order chi connectivity index (χ1) is 23.0. The van der Waals surface area contributed by atoms with Crippen molar-refractivity contribution in [2.45, 2.75) is 156 Å². The van der Waals surface area contributed by atoms with E-state index in [-0.39, 0.29) is 45.8 Å². The van der Waals surface area contributed by atoms with Gasteiger partial charge in [0, 0.05) is 24.5 Å². The number of unbranched alkanes of at least 4 members (excludes halogenated alkanes) is 8. The smallest absolute Gasteiger partial charge is 0.200 e. The summed E-state index contributed by atoms with van der Waals surface area (Å²) < 4.78 is 0. The Morgan fingerprint density at radius 1 is 0.521 bits per heavy atom. The van der Waals surface area contributed by atoms with E-state index >= 15 is 0 Å². The molecular weight excluding hydrogens is 604 g/mol.